The highest BCUT2D eigenvalue weighted by Crippen LogP contribution is 2.32. The Hall–Kier alpha value is -2.93. The van der Waals surface area contributed by atoms with Crippen LogP contribution in [0.1, 0.15) is 62.5 Å². The standard InChI is InChI=1S/C25H29N5OS/c1-7-15(4)18-8-10-20(11-9-18)29-16(5)12-19(17(29)6)13-21-22(26)30-25(27-23(21)31)32-24(28-30)14(2)3/h8-15,26H,7H2,1-6H3/b21-13-,26-22?/t15-/m0/s1. The van der Waals surface area contributed by atoms with Crippen molar-refractivity contribution in [3.63, 3.8) is 0 Å². The molecule has 166 valence electrons. The maximum Gasteiger partial charge on any atom is 0.283 e. The quantitative estimate of drug-likeness (QED) is 0.581. The molecule has 32 heavy (non-hydrogen) atoms. The monoisotopic (exact) mass is 447 g/mol. The summed E-state index contributed by atoms with van der Waals surface area (Å²) in [6.45, 7) is 12.6. The van der Waals surface area contributed by atoms with Gasteiger partial charge in [-0.25, -0.2) is 0 Å². The molecule has 0 fully saturated rings. The highest BCUT2D eigenvalue weighted by Gasteiger charge is 2.36. The third kappa shape index (κ3) is 3.86. The number of aryl methyl sites for hydroxylation is 1. The van der Waals surface area contributed by atoms with Crippen molar-refractivity contribution in [2.75, 3.05) is 0 Å². The van der Waals surface area contributed by atoms with Crippen LogP contribution in [-0.4, -0.2) is 31.5 Å². The molecule has 1 atom stereocenters. The number of nitrogens with zero attached hydrogens (tertiary/aromatic N) is 4. The fourth-order valence-electron chi connectivity index (χ4n) is 3.91. The Morgan fingerprint density at radius 1 is 1.16 bits per heavy atom. The van der Waals surface area contributed by atoms with Gasteiger partial charge in [0.1, 0.15) is 5.04 Å². The average Bonchev–Trinajstić information content (AvgIpc) is 3.31. The number of nitrogens with one attached hydrogen (secondary N) is 1. The molecule has 2 aromatic rings. The zero-order valence-electron chi connectivity index (χ0n) is 19.4. The van der Waals surface area contributed by atoms with Gasteiger partial charge in [-0.05, 0) is 73.4 Å². The third-order valence-corrected chi connectivity index (χ3v) is 7.28. The highest BCUT2D eigenvalue weighted by atomic mass is 32.2. The van der Waals surface area contributed by atoms with E-state index in [0.717, 1.165) is 34.1 Å². The average molecular weight is 448 g/mol. The fourth-order valence-corrected chi connectivity index (χ4v) is 4.81. The van der Waals surface area contributed by atoms with E-state index in [4.69, 9.17) is 5.41 Å². The number of benzene rings is 1. The Morgan fingerprint density at radius 3 is 2.47 bits per heavy atom. The van der Waals surface area contributed by atoms with E-state index >= 15 is 0 Å². The number of thioether (sulfide) groups is 1. The lowest BCUT2D eigenvalue weighted by molar-refractivity contribution is -0.114. The molecule has 1 amide bonds. The summed E-state index contributed by atoms with van der Waals surface area (Å²) in [6, 6.07) is 10.7. The first-order valence-corrected chi connectivity index (χ1v) is 11.8. The molecule has 6 nitrogen and oxygen atoms in total. The van der Waals surface area contributed by atoms with Crippen LogP contribution in [0, 0.1) is 25.2 Å². The molecular formula is C25H29N5OS. The summed E-state index contributed by atoms with van der Waals surface area (Å²) < 4.78 is 2.18. The Balaban J connectivity index is 1.69. The van der Waals surface area contributed by atoms with Crippen LogP contribution in [0.5, 0.6) is 0 Å². The van der Waals surface area contributed by atoms with Crippen molar-refractivity contribution in [2.24, 2.45) is 16.0 Å². The van der Waals surface area contributed by atoms with E-state index < -0.39 is 5.91 Å². The number of amidine groups is 2. The Morgan fingerprint density at radius 2 is 1.84 bits per heavy atom. The number of hydrogen-bond acceptors (Lipinski definition) is 4. The molecular weight excluding hydrogens is 418 g/mol. The summed E-state index contributed by atoms with van der Waals surface area (Å²) in [5, 5.41) is 15.9. The van der Waals surface area contributed by atoms with Crippen molar-refractivity contribution in [3.05, 3.63) is 58.4 Å². The van der Waals surface area contributed by atoms with E-state index in [0.29, 0.717) is 11.1 Å². The second kappa shape index (κ2) is 8.54. The minimum Gasteiger partial charge on any atom is -0.318 e. The molecule has 7 heteroatoms. The molecule has 0 unspecified atom stereocenters. The van der Waals surface area contributed by atoms with Crippen LogP contribution in [-0.2, 0) is 4.79 Å². The van der Waals surface area contributed by atoms with Crippen molar-refractivity contribution >= 4 is 39.8 Å². The van der Waals surface area contributed by atoms with Crippen LogP contribution < -0.4 is 0 Å². The molecule has 3 heterocycles. The lowest BCUT2D eigenvalue weighted by Gasteiger charge is -2.20. The number of fused-ring (bicyclic) bond motifs is 1. The Bertz CT molecular complexity index is 1180. The van der Waals surface area contributed by atoms with Crippen molar-refractivity contribution in [1.82, 2.24) is 9.58 Å². The van der Waals surface area contributed by atoms with E-state index in [2.05, 4.69) is 59.7 Å². The SMILES string of the molecule is CC[C@H](C)c1ccc(-n2c(C)cc(/C=C3/C(=N)N4N=C(C(C)C)SC4=NC3=O)c2C)cc1. The van der Waals surface area contributed by atoms with Crippen molar-refractivity contribution < 1.29 is 4.79 Å². The maximum absolute atomic E-state index is 12.7. The second-order valence-corrected chi connectivity index (χ2v) is 9.66. The van der Waals surface area contributed by atoms with Crippen LogP contribution in [0.3, 0.4) is 0 Å². The number of aliphatic imine (C=N–C) groups is 1. The van der Waals surface area contributed by atoms with Gasteiger partial charge in [0, 0.05) is 23.0 Å². The topological polar surface area (TPSA) is 73.8 Å². The fraction of sp³-hybridized carbons (Fsp3) is 0.360. The summed E-state index contributed by atoms with van der Waals surface area (Å²) >= 11 is 1.36. The van der Waals surface area contributed by atoms with Crippen LogP contribution in [0.25, 0.3) is 11.8 Å². The number of carbonyl (C=O) groups is 1. The van der Waals surface area contributed by atoms with Gasteiger partial charge in [0.05, 0.1) is 5.57 Å². The molecule has 0 bridgehead atoms. The summed E-state index contributed by atoms with van der Waals surface area (Å²) in [5.41, 5.74) is 5.67. The molecule has 4 rings (SSSR count). The third-order valence-electron chi connectivity index (χ3n) is 6.07. The maximum atomic E-state index is 12.7. The van der Waals surface area contributed by atoms with Gasteiger partial charge in [-0.3, -0.25) is 10.2 Å². The number of hydrazone groups is 1. The normalized spacial score (nSPS) is 18.3. The van der Waals surface area contributed by atoms with Crippen LogP contribution in [0.15, 0.2) is 46.0 Å². The number of carbonyl (C=O) groups excluding carboxylic acids is 1. The van der Waals surface area contributed by atoms with Gasteiger partial charge in [-0.15, -0.1) is 0 Å². The lowest BCUT2D eigenvalue weighted by atomic mass is 9.98. The number of amides is 1. The molecule has 2 aliphatic heterocycles. The van der Waals surface area contributed by atoms with E-state index in [1.165, 1.54) is 22.3 Å². The van der Waals surface area contributed by atoms with Crippen molar-refractivity contribution in [1.29, 1.82) is 5.41 Å². The van der Waals surface area contributed by atoms with Gasteiger partial charge in [0.2, 0.25) is 5.17 Å². The molecule has 0 aliphatic carbocycles. The predicted molar refractivity (Wildman–Crippen MR) is 134 cm³/mol. The first-order valence-electron chi connectivity index (χ1n) is 11.0. The molecule has 0 spiro atoms. The zero-order valence-corrected chi connectivity index (χ0v) is 20.2. The van der Waals surface area contributed by atoms with Gasteiger partial charge < -0.3 is 4.57 Å². The van der Waals surface area contributed by atoms with Crippen LogP contribution >= 0.6 is 11.8 Å². The molecule has 0 saturated heterocycles. The highest BCUT2D eigenvalue weighted by molar-refractivity contribution is 8.27. The summed E-state index contributed by atoms with van der Waals surface area (Å²) in [7, 11) is 0. The zero-order chi connectivity index (χ0) is 23.2. The van der Waals surface area contributed by atoms with Gasteiger partial charge in [-0.1, -0.05) is 39.8 Å². The first kappa shape index (κ1) is 22.3. The summed E-state index contributed by atoms with van der Waals surface area (Å²) in [5.74, 6) is 0.435. The lowest BCUT2D eigenvalue weighted by Crippen LogP contribution is -2.35. The summed E-state index contributed by atoms with van der Waals surface area (Å²) in [4.78, 5) is 16.9. The van der Waals surface area contributed by atoms with E-state index in [1.54, 1.807) is 6.08 Å². The predicted octanol–water partition coefficient (Wildman–Crippen LogP) is 5.88. The van der Waals surface area contributed by atoms with E-state index in [-0.39, 0.29) is 17.3 Å². The van der Waals surface area contributed by atoms with Crippen molar-refractivity contribution in [3.8, 4) is 5.69 Å². The smallest absolute Gasteiger partial charge is 0.283 e. The van der Waals surface area contributed by atoms with Gasteiger partial charge in [0.25, 0.3) is 5.91 Å². The van der Waals surface area contributed by atoms with Crippen LogP contribution in [0.4, 0.5) is 0 Å². The number of hydrogen-bond donors (Lipinski definition) is 1. The van der Waals surface area contributed by atoms with Gasteiger partial charge in [0.15, 0.2) is 5.84 Å². The van der Waals surface area contributed by atoms with Gasteiger partial charge >= 0.3 is 0 Å². The van der Waals surface area contributed by atoms with E-state index in [9.17, 15) is 4.79 Å². The molecule has 2 aliphatic rings. The number of aromatic nitrogens is 1. The molecule has 1 N–H and O–H groups in total. The molecule has 1 aromatic carbocycles. The first-order chi connectivity index (χ1) is 15.2. The molecule has 1 aromatic heterocycles. The van der Waals surface area contributed by atoms with Gasteiger partial charge in [-0.2, -0.15) is 15.1 Å². The summed E-state index contributed by atoms with van der Waals surface area (Å²) in [6.07, 6.45) is 2.88. The minimum absolute atomic E-state index is 0.0749. The molecule has 0 saturated carbocycles. The minimum atomic E-state index is -0.392. The molecule has 0 radical (unpaired) electrons. The van der Waals surface area contributed by atoms with Crippen molar-refractivity contribution in [2.45, 2.75) is 53.9 Å². The van der Waals surface area contributed by atoms with Crippen LogP contribution in [0.2, 0.25) is 0 Å². The Kier molecular flexibility index (Phi) is 5.95. The van der Waals surface area contributed by atoms with E-state index in [1.807, 2.05) is 26.8 Å². The largest absolute Gasteiger partial charge is 0.318 e. The Labute approximate surface area is 193 Å². The second-order valence-electron chi connectivity index (χ2n) is 8.68. The number of rotatable bonds is 5.